The molecular formula is C22H31Cl2N3O2S. The zero-order valence-corrected chi connectivity index (χ0v) is 20.0. The highest BCUT2D eigenvalue weighted by molar-refractivity contribution is 7.16. The lowest BCUT2D eigenvalue weighted by atomic mass is 10.0. The Morgan fingerprint density at radius 3 is 2.53 bits per heavy atom. The van der Waals surface area contributed by atoms with Crippen molar-refractivity contribution in [3.63, 3.8) is 0 Å². The average Bonchev–Trinajstić information content (AvgIpc) is 3.08. The fourth-order valence-electron chi connectivity index (χ4n) is 3.19. The number of anilines is 1. The van der Waals surface area contributed by atoms with Gasteiger partial charge in [0.15, 0.2) is 5.13 Å². The van der Waals surface area contributed by atoms with Crippen molar-refractivity contribution in [1.82, 2.24) is 4.98 Å². The zero-order valence-electron chi connectivity index (χ0n) is 17.7. The molecule has 0 bridgehead atoms. The third-order valence-corrected chi connectivity index (χ3v) is 6.60. The van der Waals surface area contributed by atoms with Gasteiger partial charge in [0, 0.05) is 23.5 Å². The minimum atomic E-state index is -0.799. The molecule has 0 radical (unpaired) electrons. The molecule has 0 aliphatic rings. The van der Waals surface area contributed by atoms with Crippen LogP contribution in [0, 0.1) is 5.92 Å². The second-order valence-corrected chi connectivity index (χ2v) is 9.71. The molecule has 8 heteroatoms. The van der Waals surface area contributed by atoms with Gasteiger partial charge >= 0.3 is 5.97 Å². The first-order valence-electron chi connectivity index (χ1n) is 10.4. The Kier molecular flexibility index (Phi) is 10.4. The monoisotopic (exact) mass is 471 g/mol. The first-order chi connectivity index (χ1) is 14.3. The molecule has 0 unspecified atom stereocenters. The molecule has 3 N–H and O–H groups in total. The standard InChI is InChI=1S/C22H31Cl2N3O2S/c1-15(2)13-19-21(16-7-8-17(23)18(24)14-16)26-22(30-19)27(12-9-20(28)29)11-6-4-3-5-10-25/h7-8,14-15H,3-6,9-13,25H2,1-2H3,(H,28,29). The molecule has 2 rings (SSSR count). The van der Waals surface area contributed by atoms with Crippen molar-refractivity contribution >= 4 is 45.6 Å². The van der Waals surface area contributed by atoms with Gasteiger partial charge in [-0.1, -0.05) is 56.0 Å². The summed E-state index contributed by atoms with van der Waals surface area (Å²) >= 11 is 14.0. The number of halogens is 2. The van der Waals surface area contributed by atoms with Crippen LogP contribution in [0.15, 0.2) is 18.2 Å². The van der Waals surface area contributed by atoms with Crippen molar-refractivity contribution in [3.8, 4) is 11.3 Å². The molecule has 2 aromatic rings. The van der Waals surface area contributed by atoms with Crippen molar-refractivity contribution < 1.29 is 9.90 Å². The predicted molar refractivity (Wildman–Crippen MR) is 128 cm³/mol. The number of aliphatic carboxylic acids is 1. The first kappa shape index (κ1) is 24.9. The van der Waals surface area contributed by atoms with Crippen LogP contribution >= 0.6 is 34.5 Å². The highest BCUT2D eigenvalue weighted by Gasteiger charge is 2.19. The van der Waals surface area contributed by atoms with Crippen molar-refractivity contribution in [2.45, 2.75) is 52.4 Å². The van der Waals surface area contributed by atoms with Gasteiger partial charge in [-0.25, -0.2) is 4.98 Å². The van der Waals surface area contributed by atoms with Crippen LogP contribution in [-0.4, -0.2) is 35.7 Å². The molecule has 0 aliphatic heterocycles. The number of rotatable bonds is 13. The molecule has 5 nitrogen and oxygen atoms in total. The van der Waals surface area contributed by atoms with Gasteiger partial charge in [-0.15, -0.1) is 11.3 Å². The van der Waals surface area contributed by atoms with Crippen molar-refractivity contribution in [2.75, 3.05) is 24.5 Å². The number of hydrogen-bond donors (Lipinski definition) is 2. The number of carboxylic acid groups (broad SMARTS) is 1. The smallest absolute Gasteiger partial charge is 0.305 e. The van der Waals surface area contributed by atoms with Crippen molar-refractivity contribution in [2.24, 2.45) is 11.7 Å². The minimum absolute atomic E-state index is 0.0873. The van der Waals surface area contributed by atoms with Gasteiger partial charge in [-0.2, -0.15) is 0 Å². The summed E-state index contributed by atoms with van der Waals surface area (Å²) in [6.45, 7) is 6.30. The molecule has 0 amide bonds. The minimum Gasteiger partial charge on any atom is -0.481 e. The second-order valence-electron chi connectivity index (χ2n) is 7.83. The lowest BCUT2D eigenvalue weighted by Gasteiger charge is -2.21. The summed E-state index contributed by atoms with van der Waals surface area (Å²) in [4.78, 5) is 19.4. The maximum Gasteiger partial charge on any atom is 0.305 e. The Hall–Kier alpha value is -1.34. The largest absolute Gasteiger partial charge is 0.481 e. The second kappa shape index (κ2) is 12.5. The molecule has 0 spiro atoms. The Bertz CT molecular complexity index is 827. The van der Waals surface area contributed by atoms with E-state index in [-0.39, 0.29) is 6.42 Å². The molecule has 166 valence electrons. The third-order valence-electron chi connectivity index (χ3n) is 4.72. The number of benzene rings is 1. The Morgan fingerprint density at radius 2 is 1.90 bits per heavy atom. The van der Waals surface area contributed by atoms with Gasteiger partial charge in [-0.3, -0.25) is 4.79 Å². The SMILES string of the molecule is CC(C)Cc1sc(N(CCCCCCN)CCC(=O)O)nc1-c1ccc(Cl)c(Cl)c1. The fourth-order valence-corrected chi connectivity index (χ4v) is 4.83. The molecule has 1 heterocycles. The number of nitrogens with two attached hydrogens (primary N) is 1. The van der Waals surface area contributed by atoms with Crippen LogP contribution in [0.4, 0.5) is 5.13 Å². The molecule has 0 fully saturated rings. The fraction of sp³-hybridized carbons (Fsp3) is 0.545. The summed E-state index contributed by atoms with van der Waals surface area (Å²) in [5.41, 5.74) is 7.42. The lowest BCUT2D eigenvalue weighted by molar-refractivity contribution is -0.136. The molecule has 0 saturated carbocycles. The summed E-state index contributed by atoms with van der Waals surface area (Å²) in [6.07, 6.45) is 5.16. The molecule has 0 atom stereocenters. The van der Waals surface area contributed by atoms with E-state index in [1.165, 1.54) is 4.88 Å². The highest BCUT2D eigenvalue weighted by Crippen LogP contribution is 2.37. The predicted octanol–water partition coefficient (Wildman–Crippen LogP) is 6.12. The quantitative estimate of drug-likeness (QED) is 0.344. The molecule has 1 aromatic carbocycles. The van der Waals surface area contributed by atoms with Crippen LogP contribution in [0.5, 0.6) is 0 Å². The van der Waals surface area contributed by atoms with Gasteiger partial charge in [0.2, 0.25) is 0 Å². The number of unbranched alkanes of at least 4 members (excludes halogenated alkanes) is 3. The summed E-state index contributed by atoms with van der Waals surface area (Å²) in [6, 6.07) is 5.57. The van der Waals surface area contributed by atoms with Crippen LogP contribution in [0.25, 0.3) is 11.3 Å². The van der Waals surface area contributed by atoms with Crippen LogP contribution in [0.2, 0.25) is 10.0 Å². The topological polar surface area (TPSA) is 79.5 Å². The number of nitrogens with zero attached hydrogens (tertiary/aromatic N) is 2. The molecule has 1 aromatic heterocycles. The third kappa shape index (κ3) is 7.73. The Morgan fingerprint density at radius 1 is 1.17 bits per heavy atom. The van der Waals surface area contributed by atoms with E-state index in [4.69, 9.17) is 33.9 Å². The number of aromatic nitrogens is 1. The zero-order chi connectivity index (χ0) is 22.1. The van der Waals surface area contributed by atoms with E-state index >= 15 is 0 Å². The highest BCUT2D eigenvalue weighted by atomic mass is 35.5. The van der Waals surface area contributed by atoms with E-state index in [9.17, 15) is 9.90 Å². The number of carbonyl (C=O) groups is 1. The van der Waals surface area contributed by atoms with E-state index in [2.05, 4.69) is 18.7 Å². The Labute approximate surface area is 193 Å². The van der Waals surface area contributed by atoms with E-state index in [0.29, 0.717) is 29.1 Å². The van der Waals surface area contributed by atoms with Crippen LogP contribution in [-0.2, 0) is 11.2 Å². The van der Waals surface area contributed by atoms with Gasteiger partial charge in [0.05, 0.1) is 22.2 Å². The van der Waals surface area contributed by atoms with Crippen LogP contribution in [0.1, 0.15) is 50.8 Å². The first-order valence-corrected chi connectivity index (χ1v) is 12.0. The molecular weight excluding hydrogens is 441 g/mol. The normalized spacial score (nSPS) is 11.3. The summed E-state index contributed by atoms with van der Waals surface area (Å²) in [5.74, 6) is -0.324. The van der Waals surface area contributed by atoms with E-state index in [1.807, 2.05) is 12.1 Å². The number of hydrogen-bond acceptors (Lipinski definition) is 5. The lowest BCUT2D eigenvalue weighted by Crippen LogP contribution is -2.27. The van der Waals surface area contributed by atoms with Gasteiger partial charge in [-0.05, 0) is 43.9 Å². The maximum absolute atomic E-state index is 11.2. The van der Waals surface area contributed by atoms with Gasteiger partial charge in [0.1, 0.15) is 0 Å². The number of thiazole rings is 1. The maximum atomic E-state index is 11.2. The van der Waals surface area contributed by atoms with Crippen molar-refractivity contribution in [1.29, 1.82) is 0 Å². The molecule has 0 aliphatic carbocycles. The van der Waals surface area contributed by atoms with Crippen LogP contribution < -0.4 is 10.6 Å². The van der Waals surface area contributed by atoms with Gasteiger partial charge < -0.3 is 15.7 Å². The molecule has 0 saturated heterocycles. The summed E-state index contributed by atoms with van der Waals surface area (Å²) < 4.78 is 0. The summed E-state index contributed by atoms with van der Waals surface area (Å²) in [5, 5.41) is 11.1. The number of carboxylic acids is 1. The van der Waals surface area contributed by atoms with Crippen molar-refractivity contribution in [3.05, 3.63) is 33.1 Å². The van der Waals surface area contributed by atoms with E-state index in [0.717, 1.165) is 55.0 Å². The van der Waals surface area contributed by atoms with E-state index < -0.39 is 5.97 Å². The van der Waals surface area contributed by atoms with E-state index in [1.54, 1.807) is 17.4 Å². The average molecular weight is 472 g/mol. The summed E-state index contributed by atoms with van der Waals surface area (Å²) in [7, 11) is 0. The van der Waals surface area contributed by atoms with Crippen LogP contribution in [0.3, 0.4) is 0 Å². The molecule has 30 heavy (non-hydrogen) atoms. The van der Waals surface area contributed by atoms with Gasteiger partial charge in [0.25, 0.3) is 0 Å². The Balaban J connectivity index is 2.30.